The summed E-state index contributed by atoms with van der Waals surface area (Å²) in [5.41, 5.74) is 1.81. The van der Waals surface area contributed by atoms with Crippen LogP contribution >= 0.6 is 0 Å². The highest BCUT2D eigenvalue weighted by Crippen LogP contribution is 2.16. The molecule has 0 fully saturated rings. The van der Waals surface area contributed by atoms with E-state index in [-0.39, 0.29) is 5.91 Å². The number of carbonyl (C=O) groups is 1. The second-order valence-electron chi connectivity index (χ2n) is 4.30. The van der Waals surface area contributed by atoms with E-state index in [1.807, 2.05) is 38.2 Å². The summed E-state index contributed by atoms with van der Waals surface area (Å²) in [5.74, 6) is 1.34. The highest BCUT2D eigenvalue weighted by molar-refractivity contribution is 5.89. The largest absolute Gasteiger partial charge is 0.350 e. The number of anilines is 2. The fourth-order valence-electron chi connectivity index (χ4n) is 1.83. The molecule has 2 N–H and O–H groups in total. The van der Waals surface area contributed by atoms with Crippen LogP contribution in [0.1, 0.15) is 18.3 Å². The Bertz CT molecular complexity index is 590. The van der Waals surface area contributed by atoms with E-state index in [1.165, 1.54) is 6.92 Å². The van der Waals surface area contributed by atoms with E-state index in [1.54, 1.807) is 4.68 Å². The average molecular weight is 259 g/mol. The maximum atomic E-state index is 11.1. The van der Waals surface area contributed by atoms with Crippen molar-refractivity contribution >= 4 is 17.5 Å². The third kappa shape index (κ3) is 3.31. The molecule has 0 bridgehead atoms. The van der Waals surface area contributed by atoms with E-state index < -0.39 is 0 Å². The number of nitrogens with one attached hydrogen (secondary N) is 2. The number of hydrogen-bond acceptors (Lipinski definition) is 4. The number of amides is 1. The number of rotatable bonds is 4. The highest BCUT2D eigenvalue weighted by atomic mass is 16.1. The Hall–Kier alpha value is -2.37. The van der Waals surface area contributed by atoms with Crippen molar-refractivity contribution in [2.75, 3.05) is 10.6 Å². The van der Waals surface area contributed by atoms with Gasteiger partial charge in [0.2, 0.25) is 11.9 Å². The molecule has 0 atom stereocenters. The zero-order valence-electron chi connectivity index (χ0n) is 11.3. The van der Waals surface area contributed by atoms with Gasteiger partial charge in [0.05, 0.1) is 0 Å². The van der Waals surface area contributed by atoms with Crippen molar-refractivity contribution in [2.45, 2.75) is 20.4 Å². The van der Waals surface area contributed by atoms with E-state index in [9.17, 15) is 4.79 Å². The molecule has 6 nitrogen and oxygen atoms in total. The van der Waals surface area contributed by atoms with Crippen molar-refractivity contribution < 1.29 is 4.79 Å². The highest BCUT2D eigenvalue weighted by Gasteiger charge is 2.06. The summed E-state index contributed by atoms with van der Waals surface area (Å²) in [7, 11) is 1.84. The van der Waals surface area contributed by atoms with Gasteiger partial charge in [0.25, 0.3) is 0 Å². The summed E-state index contributed by atoms with van der Waals surface area (Å²) >= 11 is 0. The van der Waals surface area contributed by atoms with Crippen LogP contribution in [0.15, 0.2) is 24.3 Å². The van der Waals surface area contributed by atoms with Crippen LogP contribution in [0, 0.1) is 6.92 Å². The Morgan fingerprint density at radius 2 is 2.11 bits per heavy atom. The number of benzene rings is 1. The van der Waals surface area contributed by atoms with Gasteiger partial charge in [-0.15, -0.1) is 0 Å². The van der Waals surface area contributed by atoms with Crippen molar-refractivity contribution in [3.63, 3.8) is 0 Å². The Balaban J connectivity index is 2.11. The first-order chi connectivity index (χ1) is 9.06. The van der Waals surface area contributed by atoms with E-state index in [2.05, 4.69) is 20.7 Å². The van der Waals surface area contributed by atoms with Crippen molar-refractivity contribution in [2.24, 2.45) is 7.05 Å². The van der Waals surface area contributed by atoms with Crippen molar-refractivity contribution in [1.29, 1.82) is 0 Å². The molecule has 100 valence electrons. The molecule has 0 aliphatic carbocycles. The van der Waals surface area contributed by atoms with Gasteiger partial charge < -0.3 is 10.6 Å². The first-order valence-electron chi connectivity index (χ1n) is 6.03. The van der Waals surface area contributed by atoms with Crippen LogP contribution in [0.5, 0.6) is 0 Å². The molecule has 0 saturated heterocycles. The molecule has 19 heavy (non-hydrogen) atoms. The van der Waals surface area contributed by atoms with Gasteiger partial charge in [-0.3, -0.25) is 4.79 Å². The summed E-state index contributed by atoms with van der Waals surface area (Å²) in [6.07, 6.45) is 0. The lowest BCUT2D eigenvalue weighted by atomic mass is 10.2. The zero-order valence-corrected chi connectivity index (χ0v) is 11.3. The molecule has 2 aromatic rings. The molecule has 6 heteroatoms. The summed E-state index contributed by atoms with van der Waals surface area (Å²) in [5, 5.41) is 10.2. The molecule has 0 aliphatic rings. The first kappa shape index (κ1) is 13.1. The van der Waals surface area contributed by atoms with Gasteiger partial charge >= 0.3 is 0 Å². The van der Waals surface area contributed by atoms with Gasteiger partial charge in [0.1, 0.15) is 5.82 Å². The molecule has 0 saturated carbocycles. The van der Waals surface area contributed by atoms with Gasteiger partial charge in [-0.2, -0.15) is 10.1 Å². The van der Waals surface area contributed by atoms with Crippen LogP contribution in [0.25, 0.3) is 0 Å². The lowest BCUT2D eigenvalue weighted by Gasteiger charge is -2.10. The second-order valence-corrected chi connectivity index (χ2v) is 4.30. The molecular weight excluding hydrogens is 242 g/mol. The molecule has 0 aliphatic heterocycles. The normalized spacial score (nSPS) is 10.3. The lowest BCUT2D eigenvalue weighted by Crippen LogP contribution is -2.11. The fraction of sp³-hybridized carbons (Fsp3) is 0.308. The van der Waals surface area contributed by atoms with E-state index >= 15 is 0 Å². The second kappa shape index (κ2) is 5.51. The maximum Gasteiger partial charge on any atom is 0.221 e. The van der Waals surface area contributed by atoms with Gasteiger partial charge in [0, 0.05) is 26.2 Å². The summed E-state index contributed by atoms with van der Waals surface area (Å²) in [4.78, 5) is 15.4. The Kier molecular flexibility index (Phi) is 3.79. The van der Waals surface area contributed by atoms with Gasteiger partial charge in [-0.25, -0.2) is 4.68 Å². The Morgan fingerprint density at radius 1 is 1.37 bits per heavy atom. The monoisotopic (exact) mass is 259 g/mol. The van der Waals surface area contributed by atoms with Crippen LogP contribution < -0.4 is 10.6 Å². The standard InChI is InChI=1S/C13H17N5O/c1-9-15-13(18(3)17-9)14-8-11-6-4-5-7-12(11)16-10(2)19/h4-7H,8H2,1-3H3,(H,16,19)(H,14,15,17). The molecular formula is C13H17N5O. The molecule has 0 radical (unpaired) electrons. The minimum Gasteiger partial charge on any atom is -0.350 e. The average Bonchev–Trinajstić information content (AvgIpc) is 2.66. The SMILES string of the molecule is CC(=O)Nc1ccccc1CNc1nc(C)nn1C. The van der Waals surface area contributed by atoms with E-state index in [0.717, 1.165) is 17.1 Å². The Morgan fingerprint density at radius 3 is 2.74 bits per heavy atom. The predicted octanol–water partition coefficient (Wildman–Crippen LogP) is 1.69. The molecule has 2 rings (SSSR count). The van der Waals surface area contributed by atoms with Crippen LogP contribution in [0.4, 0.5) is 11.6 Å². The molecule has 0 spiro atoms. The minimum absolute atomic E-state index is 0.0815. The summed E-state index contributed by atoms with van der Waals surface area (Å²) in [6.45, 7) is 3.91. The summed E-state index contributed by atoms with van der Waals surface area (Å²) < 4.78 is 1.69. The molecule has 1 aromatic carbocycles. The number of aryl methyl sites for hydroxylation is 2. The minimum atomic E-state index is -0.0815. The van der Waals surface area contributed by atoms with Gasteiger partial charge in [-0.1, -0.05) is 18.2 Å². The van der Waals surface area contributed by atoms with Gasteiger partial charge in [-0.05, 0) is 18.6 Å². The van der Waals surface area contributed by atoms with Crippen LogP contribution in [-0.2, 0) is 18.4 Å². The Labute approximate surface area is 111 Å². The quantitative estimate of drug-likeness (QED) is 0.876. The molecule has 0 unspecified atom stereocenters. The van der Waals surface area contributed by atoms with E-state index in [4.69, 9.17) is 0 Å². The number of carbonyl (C=O) groups excluding carboxylic acids is 1. The zero-order chi connectivity index (χ0) is 13.8. The van der Waals surface area contributed by atoms with Crippen molar-refractivity contribution in [1.82, 2.24) is 14.8 Å². The maximum absolute atomic E-state index is 11.1. The number of hydrogen-bond donors (Lipinski definition) is 2. The van der Waals surface area contributed by atoms with Crippen LogP contribution in [-0.4, -0.2) is 20.7 Å². The fourth-order valence-corrected chi connectivity index (χ4v) is 1.83. The third-order valence-corrected chi connectivity index (χ3v) is 2.63. The van der Waals surface area contributed by atoms with Crippen molar-refractivity contribution in [3.8, 4) is 0 Å². The number of para-hydroxylation sites is 1. The lowest BCUT2D eigenvalue weighted by molar-refractivity contribution is -0.114. The van der Waals surface area contributed by atoms with Crippen LogP contribution in [0.2, 0.25) is 0 Å². The van der Waals surface area contributed by atoms with Crippen LogP contribution in [0.3, 0.4) is 0 Å². The molecule has 1 aromatic heterocycles. The molecule has 1 amide bonds. The van der Waals surface area contributed by atoms with E-state index in [0.29, 0.717) is 12.5 Å². The summed E-state index contributed by atoms with van der Waals surface area (Å²) in [6, 6.07) is 7.66. The van der Waals surface area contributed by atoms with Gasteiger partial charge in [0.15, 0.2) is 0 Å². The number of nitrogens with zero attached hydrogens (tertiary/aromatic N) is 3. The smallest absolute Gasteiger partial charge is 0.221 e. The molecule has 1 heterocycles. The first-order valence-corrected chi connectivity index (χ1v) is 6.03. The predicted molar refractivity (Wildman–Crippen MR) is 73.8 cm³/mol. The van der Waals surface area contributed by atoms with Crippen molar-refractivity contribution in [3.05, 3.63) is 35.7 Å². The topological polar surface area (TPSA) is 71.8 Å². The number of aromatic nitrogens is 3. The third-order valence-electron chi connectivity index (χ3n) is 2.63.